The van der Waals surface area contributed by atoms with E-state index in [9.17, 15) is 39.5 Å². The Bertz CT molecular complexity index is 492. The molecule has 1 rings (SSSR count). The Kier molecular flexibility index (Phi) is 5.30. The fourth-order valence-electron chi connectivity index (χ4n) is 1.53. The van der Waals surface area contributed by atoms with E-state index in [1.54, 1.807) is 0 Å². The molecule has 0 spiro atoms. The Morgan fingerprint density at radius 1 is 0.773 bits per heavy atom. The summed E-state index contributed by atoms with van der Waals surface area (Å²) in [6.07, 6.45) is -22.4. The van der Waals surface area contributed by atoms with Gasteiger partial charge in [-0.05, 0) is 28.1 Å². The standard InChI is InChI=1S/C11H6BrF9O/c12-5-3-1-2-4-6(5)22-8(11(19,20)21)7(9(13,14)15)10(16,17)18/h1-4,7-8H. The molecule has 0 aliphatic carbocycles. The molecule has 1 unspecified atom stereocenters. The van der Waals surface area contributed by atoms with Crippen LogP contribution < -0.4 is 4.74 Å². The number of benzene rings is 1. The molecule has 0 bridgehead atoms. The predicted octanol–water partition coefficient (Wildman–Crippen LogP) is 5.50. The van der Waals surface area contributed by atoms with Crippen LogP contribution in [0.25, 0.3) is 0 Å². The second kappa shape index (κ2) is 6.17. The van der Waals surface area contributed by atoms with Gasteiger partial charge in [-0.2, -0.15) is 39.5 Å². The van der Waals surface area contributed by atoms with Gasteiger partial charge in [0.25, 0.3) is 0 Å². The van der Waals surface area contributed by atoms with Crippen molar-refractivity contribution < 1.29 is 44.3 Å². The van der Waals surface area contributed by atoms with Crippen molar-refractivity contribution >= 4 is 15.9 Å². The number of rotatable bonds is 3. The highest BCUT2D eigenvalue weighted by Crippen LogP contribution is 2.47. The van der Waals surface area contributed by atoms with Crippen molar-refractivity contribution in [2.75, 3.05) is 0 Å². The number of hydrogen-bond donors (Lipinski definition) is 0. The molecule has 0 saturated heterocycles. The summed E-state index contributed by atoms with van der Waals surface area (Å²) in [6, 6.07) is 4.32. The van der Waals surface area contributed by atoms with Crippen LogP contribution in [0.15, 0.2) is 28.7 Å². The van der Waals surface area contributed by atoms with Crippen LogP contribution >= 0.6 is 15.9 Å². The molecule has 22 heavy (non-hydrogen) atoms. The summed E-state index contributed by atoms with van der Waals surface area (Å²) in [7, 11) is 0. The SMILES string of the molecule is FC(F)(F)C(Oc1ccccc1Br)C(C(F)(F)F)C(F)(F)F. The highest BCUT2D eigenvalue weighted by Gasteiger charge is 2.68. The van der Waals surface area contributed by atoms with E-state index < -0.39 is 36.3 Å². The van der Waals surface area contributed by atoms with E-state index >= 15 is 0 Å². The summed E-state index contributed by atoms with van der Waals surface area (Å²) < 4.78 is 117. The van der Waals surface area contributed by atoms with Crippen LogP contribution in [0, 0.1) is 5.92 Å². The molecule has 0 fully saturated rings. The summed E-state index contributed by atoms with van der Waals surface area (Å²) >= 11 is 2.69. The highest BCUT2D eigenvalue weighted by atomic mass is 79.9. The first-order valence-corrected chi connectivity index (χ1v) is 6.15. The maximum absolute atomic E-state index is 12.7. The summed E-state index contributed by atoms with van der Waals surface area (Å²) in [5, 5.41) is 0. The van der Waals surface area contributed by atoms with Gasteiger partial charge in [-0.3, -0.25) is 0 Å². The van der Waals surface area contributed by atoms with E-state index in [4.69, 9.17) is 0 Å². The average molecular weight is 405 g/mol. The van der Waals surface area contributed by atoms with Crippen molar-refractivity contribution in [2.45, 2.75) is 24.6 Å². The Morgan fingerprint density at radius 3 is 1.59 bits per heavy atom. The zero-order valence-corrected chi connectivity index (χ0v) is 11.7. The van der Waals surface area contributed by atoms with E-state index in [0.29, 0.717) is 0 Å². The molecule has 0 aliphatic heterocycles. The van der Waals surface area contributed by atoms with E-state index in [-0.39, 0.29) is 4.47 Å². The number of hydrogen-bond acceptors (Lipinski definition) is 1. The lowest BCUT2D eigenvalue weighted by molar-refractivity contribution is -0.340. The Morgan fingerprint density at radius 2 is 1.23 bits per heavy atom. The second-order valence-electron chi connectivity index (χ2n) is 4.07. The van der Waals surface area contributed by atoms with E-state index in [1.807, 2.05) is 0 Å². The molecule has 1 aromatic carbocycles. The molecular formula is C11H6BrF9O. The van der Waals surface area contributed by atoms with E-state index in [1.165, 1.54) is 6.07 Å². The lowest BCUT2D eigenvalue weighted by Gasteiger charge is -2.32. The second-order valence-corrected chi connectivity index (χ2v) is 4.93. The highest BCUT2D eigenvalue weighted by molar-refractivity contribution is 9.10. The maximum atomic E-state index is 12.7. The van der Waals surface area contributed by atoms with Crippen LogP contribution in [0.1, 0.15) is 0 Å². The fraction of sp³-hybridized carbons (Fsp3) is 0.455. The Balaban J connectivity index is 3.31. The summed E-state index contributed by atoms with van der Waals surface area (Å²) in [4.78, 5) is 0. The molecule has 0 saturated carbocycles. The smallest absolute Gasteiger partial charge is 0.426 e. The van der Waals surface area contributed by atoms with Gasteiger partial charge in [0.15, 0.2) is 5.92 Å². The molecule has 0 heterocycles. The summed E-state index contributed by atoms with van der Waals surface area (Å²) in [5.74, 6) is -5.49. The van der Waals surface area contributed by atoms with E-state index in [2.05, 4.69) is 20.7 Å². The first-order valence-electron chi connectivity index (χ1n) is 5.36. The van der Waals surface area contributed by atoms with Crippen molar-refractivity contribution in [2.24, 2.45) is 5.92 Å². The van der Waals surface area contributed by atoms with Crippen LogP contribution in [-0.4, -0.2) is 24.6 Å². The zero-order valence-electron chi connectivity index (χ0n) is 10.2. The van der Waals surface area contributed by atoms with Gasteiger partial charge < -0.3 is 4.74 Å². The summed E-state index contributed by atoms with van der Waals surface area (Å²) in [5.41, 5.74) is 0. The molecule has 1 atom stereocenters. The van der Waals surface area contributed by atoms with Gasteiger partial charge in [0.1, 0.15) is 5.75 Å². The first-order chi connectivity index (χ1) is 9.74. The van der Waals surface area contributed by atoms with Gasteiger partial charge in [-0.15, -0.1) is 0 Å². The number of para-hydroxylation sites is 1. The Labute approximate surface area is 126 Å². The van der Waals surface area contributed by atoms with Crippen LogP contribution in [0.4, 0.5) is 39.5 Å². The third-order valence-corrected chi connectivity index (χ3v) is 3.08. The third-order valence-electron chi connectivity index (χ3n) is 2.42. The molecule has 0 aromatic heterocycles. The molecular weight excluding hydrogens is 399 g/mol. The van der Waals surface area contributed by atoms with Crippen LogP contribution in [0.3, 0.4) is 0 Å². The van der Waals surface area contributed by atoms with Crippen molar-refractivity contribution in [1.29, 1.82) is 0 Å². The number of ether oxygens (including phenoxy) is 1. The molecule has 1 nitrogen and oxygen atoms in total. The predicted molar refractivity (Wildman–Crippen MR) is 60.2 cm³/mol. The first kappa shape index (κ1) is 18.9. The quantitative estimate of drug-likeness (QED) is 0.604. The number of halogens is 10. The normalized spacial score (nSPS) is 15.0. The molecule has 126 valence electrons. The largest absolute Gasteiger partial charge is 0.479 e. The van der Waals surface area contributed by atoms with Crippen LogP contribution in [-0.2, 0) is 0 Å². The van der Waals surface area contributed by atoms with Gasteiger partial charge in [0.2, 0.25) is 6.10 Å². The van der Waals surface area contributed by atoms with Crippen molar-refractivity contribution in [3.63, 3.8) is 0 Å². The van der Waals surface area contributed by atoms with Gasteiger partial charge in [0.05, 0.1) is 4.47 Å². The zero-order chi connectivity index (χ0) is 17.3. The number of alkyl halides is 9. The third kappa shape index (κ3) is 4.68. The molecule has 11 heteroatoms. The minimum absolute atomic E-state index is 0.215. The van der Waals surface area contributed by atoms with Crippen molar-refractivity contribution in [3.05, 3.63) is 28.7 Å². The molecule has 0 N–H and O–H groups in total. The molecule has 0 amide bonds. The van der Waals surface area contributed by atoms with E-state index in [0.717, 1.165) is 18.2 Å². The van der Waals surface area contributed by atoms with Gasteiger partial charge in [0, 0.05) is 0 Å². The summed E-state index contributed by atoms with van der Waals surface area (Å²) in [6.45, 7) is 0. The maximum Gasteiger partial charge on any atom is 0.426 e. The fourth-order valence-corrected chi connectivity index (χ4v) is 1.91. The van der Waals surface area contributed by atoms with Gasteiger partial charge >= 0.3 is 18.5 Å². The average Bonchev–Trinajstić information content (AvgIpc) is 2.26. The van der Waals surface area contributed by atoms with Gasteiger partial charge in [-0.25, -0.2) is 0 Å². The topological polar surface area (TPSA) is 9.23 Å². The van der Waals surface area contributed by atoms with Crippen LogP contribution in [0.2, 0.25) is 0 Å². The van der Waals surface area contributed by atoms with Gasteiger partial charge in [-0.1, -0.05) is 12.1 Å². The lowest BCUT2D eigenvalue weighted by Crippen LogP contribution is -2.53. The lowest BCUT2D eigenvalue weighted by atomic mass is 10.0. The van der Waals surface area contributed by atoms with Crippen molar-refractivity contribution in [3.8, 4) is 5.75 Å². The van der Waals surface area contributed by atoms with Crippen molar-refractivity contribution in [1.82, 2.24) is 0 Å². The molecule has 0 aliphatic rings. The Hall–Kier alpha value is -1.13. The monoisotopic (exact) mass is 404 g/mol. The van der Waals surface area contributed by atoms with Crippen LogP contribution in [0.5, 0.6) is 5.75 Å². The molecule has 0 radical (unpaired) electrons. The minimum Gasteiger partial charge on any atom is -0.479 e. The molecule has 1 aromatic rings. The minimum atomic E-state index is -6.18.